The Hall–Kier alpha value is -3.22. The third-order valence-corrected chi connectivity index (χ3v) is 5.90. The van der Waals surface area contributed by atoms with Gasteiger partial charge in [0.1, 0.15) is 0 Å². The fourth-order valence-corrected chi connectivity index (χ4v) is 4.16. The molecular formula is C24H29N5O2. The number of aryl methyl sites for hydroxylation is 1. The van der Waals surface area contributed by atoms with Gasteiger partial charge in [0.25, 0.3) is 5.56 Å². The molecule has 1 aromatic carbocycles. The van der Waals surface area contributed by atoms with Crippen molar-refractivity contribution in [3.63, 3.8) is 0 Å². The van der Waals surface area contributed by atoms with Crippen molar-refractivity contribution in [2.24, 2.45) is 0 Å². The summed E-state index contributed by atoms with van der Waals surface area (Å²) in [6.45, 7) is 5.19. The molecule has 1 aliphatic rings. The standard InChI is InChI=1S/C24H29N5O2/c1-2-27(18-19-10-13-25-14-11-19)22(30)12-17-29-21-9-5-4-8-20(21)26-23(24(29)31)28-15-6-3-7-16-28/h4-5,8-11,13-14H,2-3,6-7,12,15-18H2,1H3. The maximum absolute atomic E-state index is 13.4. The third-order valence-electron chi connectivity index (χ3n) is 5.90. The lowest BCUT2D eigenvalue weighted by Crippen LogP contribution is -2.38. The number of carbonyl (C=O) groups excluding carboxylic acids is 1. The molecule has 162 valence electrons. The highest BCUT2D eigenvalue weighted by molar-refractivity contribution is 5.78. The molecule has 0 saturated carbocycles. The summed E-state index contributed by atoms with van der Waals surface area (Å²) in [6, 6.07) is 11.5. The second kappa shape index (κ2) is 9.73. The van der Waals surface area contributed by atoms with Gasteiger partial charge in [0, 0.05) is 51.5 Å². The van der Waals surface area contributed by atoms with Gasteiger partial charge in [-0.2, -0.15) is 0 Å². The van der Waals surface area contributed by atoms with Gasteiger partial charge in [0.05, 0.1) is 11.0 Å². The minimum Gasteiger partial charge on any atom is -0.352 e. The number of nitrogens with zero attached hydrogens (tertiary/aromatic N) is 5. The predicted molar refractivity (Wildman–Crippen MR) is 122 cm³/mol. The Labute approximate surface area is 182 Å². The van der Waals surface area contributed by atoms with Crippen molar-refractivity contribution >= 4 is 22.8 Å². The zero-order valence-electron chi connectivity index (χ0n) is 18.0. The number of para-hydroxylation sites is 2. The maximum Gasteiger partial charge on any atom is 0.294 e. The first-order valence-electron chi connectivity index (χ1n) is 11.1. The van der Waals surface area contributed by atoms with E-state index in [0.717, 1.165) is 42.5 Å². The van der Waals surface area contributed by atoms with Crippen LogP contribution in [0, 0.1) is 0 Å². The van der Waals surface area contributed by atoms with Gasteiger partial charge in [-0.1, -0.05) is 12.1 Å². The van der Waals surface area contributed by atoms with E-state index in [2.05, 4.69) is 14.9 Å². The number of aromatic nitrogens is 3. The first-order chi connectivity index (χ1) is 15.2. The molecule has 4 rings (SSSR count). The van der Waals surface area contributed by atoms with Gasteiger partial charge in [-0.05, 0) is 56.0 Å². The monoisotopic (exact) mass is 419 g/mol. The number of fused-ring (bicyclic) bond motifs is 1. The van der Waals surface area contributed by atoms with Crippen molar-refractivity contribution in [3.8, 4) is 0 Å². The zero-order valence-corrected chi connectivity index (χ0v) is 18.0. The molecular weight excluding hydrogens is 390 g/mol. The summed E-state index contributed by atoms with van der Waals surface area (Å²) in [6.07, 6.45) is 7.08. The van der Waals surface area contributed by atoms with Crippen LogP contribution < -0.4 is 10.5 Å². The van der Waals surface area contributed by atoms with Crippen LogP contribution in [0.1, 0.15) is 38.2 Å². The number of pyridine rings is 1. The molecule has 1 aliphatic heterocycles. The van der Waals surface area contributed by atoms with Crippen molar-refractivity contribution in [1.82, 2.24) is 19.4 Å². The van der Waals surface area contributed by atoms with E-state index in [1.54, 1.807) is 17.0 Å². The second-order valence-corrected chi connectivity index (χ2v) is 7.94. The Bertz CT molecular complexity index is 1090. The summed E-state index contributed by atoms with van der Waals surface area (Å²) in [5.41, 5.74) is 2.51. The van der Waals surface area contributed by atoms with Crippen molar-refractivity contribution in [2.45, 2.75) is 45.7 Å². The molecule has 3 aromatic rings. The van der Waals surface area contributed by atoms with Gasteiger partial charge in [0.2, 0.25) is 5.91 Å². The SMILES string of the molecule is CCN(Cc1ccncc1)C(=O)CCn1c(=O)c(N2CCCCC2)nc2ccccc21. The summed E-state index contributed by atoms with van der Waals surface area (Å²) >= 11 is 0. The van der Waals surface area contributed by atoms with Crippen molar-refractivity contribution in [3.05, 3.63) is 64.7 Å². The number of rotatable bonds is 7. The summed E-state index contributed by atoms with van der Waals surface area (Å²) < 4.78 is 1.73. The fourth-order valence-electron chi connectivity index (χ4n) is 4.16. The Balaban J connectivity index is 1.57. The number of piperidine rings is 1. The van der Waals surface area contributed by atoms with E-state index in [-0.39, 0.29) is 17.9 Å². The van der Waals surface area contributed by atoms with Gasteiger partial charge in [-0.3, -0.25) is 14.6 Å². The molecule has 0 aliphatic carbocycles. The lowest BCUT2D eigenvalue weighted by atomic mass is 10.1. The van der Waals surface area contributed by atoms with Gasteiger partial charge in [-0.25, -0.2) is 4.98 Å². The van der Waals surface area contributed by atoms with Gasteiger partial charge < -0.3 is 14.4 Å². The normalized spacial score (nSPS) is 14.0. The Morgan fingerprint density at radius 2 is 1.81 bits per heavy atom. The highest BCUT2D eigenvalue weighted by atomic mass is 16.2. The number of anilines is 1. The summed E-state index contributed by atoms with van der Waals surface area (Å²) in [5, 5.41) is 0. The van der Waals surface area contributed by atoms with Crippen molar-refractivity contribution in [2.75, 3.05) is 24.5 Å². The molecule has 2 aromatic heterocycles. The lowest BCUT2D eigenvalue weighted by Gasteiger charge is -2.28. The van der Waals surface area contributed by atoms with Crippen LogP contribution in [-0.4, -0.2) is 45.0 Å². The fraction of sp³-hybridized carbons (Fsp3) is 0.417. The molecule has 0 radical (unpaired) electrons. The topological polar surface area (TPSA) is 71.3 Å². The lowest BCUT2D eigenvalue weighted by molar-refractivity contribution is -0.131. The van der Waals surface area contributed by atoms with Crippen LogP contribution in [0.3, 0.4) is 0 Å². The highest BCUT2D eigenvalue weighted by Gasteiger charge is 2.20. The van der Waals surface area contributed by atoms with E-state index in [9.17, 15) is 9.59 Å². The molecule has 0 unspecified atom stereocenters. The van der Waals surface area contributed by atoms with Crippen LogP contribution in [0.25, 0.3) is 11.0 Å². The number of hydrogen-bond acceptors (Lipinski definition) is 5. The molecule has 7 heteroatoms. The van der Waals surface area contributed by atoms with Crippen LogP contribution in [0.15, 0.2) is 53.6 Å². The minimum absolute atomic E-state index is 0.0339. The molecule has 31 heavy (non-hydrogen) atoms. The van der Waals surface area contributed by atoms with Crippen LogP contribution in [-0.2, 0) is 17.9 Å². The Kier molecular flexibility index (Phi) is 6.60. The maximum atomic E-state index is 13.4. The number of amides is 1. The molecule has 7 nitrogen and oxygen atoms in total. The first kappa shape index (κ1) is 21.0. The second-order valence-electron chi connectivity index (χ2n) is 7.94. The predicted octanol–water partition coefficient (Wildman–Crippen LogP) is 3.22. The van der Waals surface area contributed by atoms with E-state index in [1.165, 1.54) is 6.42 Å². The molecule has 0 N–H and O–H groups in total. The Morgan fingerprint density at radius 1 is 1.06 bits per heavy atom. The zero-order chi connectivity index (χ0) is 21.6. The van der Waals surface area contributed by atoms with Crippen LogP contribution in [0.4, 0.5) is 5.82 Å². The average molecular weight is 420 g/mol. The summed E-state index contributed by atoms with van der Waals surface area (Å²) in [4.78, 5) is 38.9. The van der Waals surface area contributed by atoms with Crippen molar-refractivity contribution in [1.29, 1.82) is 0 Å². The van der Waals surface area contributed by atoms with Crippen molar-refractivity contribution < 1.29 is 4.79 Å². The molecule has 1 fully saturated rings. The molecule has 3 heterocycles. The number of carbonyl (C=O) groups is 1. The smallest absolute Gasteiger partial charge is 0.294 e. The highest BCUT2D eigenvalue weighted by Crippen LogP contribution is 2.18. The minimum atomic E-state index is -0.106. The summed E-state index contributed by atoms with van der Waals surface area (Å²) in [5.74, 6) is 0.543. The number of hydrogen-bond donors (Lipinski definition) is 0. The molecule has 1 saturated heterocycles. The molecule has 1 amide bonds. The largest absolute Gasteiger partial charge is 0.352 e. The van der Waals surface area contributed by atoms with E-state index in [4.69, 9.17) is 0 Å². The average Bonchev–Trinajstić information content (AvgIpc) is 2.82. The van der Waals surface area contributed by atoms with E-state index < -0.39 is 0 Å². The van der Waals surface area contributed by atoms with Crippen LogP contribution in [0.2, 0.25) is 0 Å². The van der Waals surface area contributed by atoms with Gasteiger partial charge in [0.15, 0.2) is 5.82 Å². The van der Waals surface area contributed by atoms with Gasteiger partial charge in [-0.15, -0.1) is 0 Å². The van der Waals surface area contributed by atoms with E-state index >= 15 is 0 Å². The Morgan fingerprint density at radius 3 is 2.55 bits per heavy atom. The summed E-state index contributed by atoms with van der Waals surface area (Å²) in [7, 11) is 0. The van der Waals surface area contributed by atoms with Gasteiger partial charge >= 0.3 is 0 Å². The first-order valence-corrected chi connectivity index (χ1v) is 11.1. The third kappa shape index (κ3) is 4.76. The van der Waals surface area contributed by atoms with Crippen LogP contribution >= 0.6 is 0 Å². The van der Waals surface area contributed by atoms with E-state index in [0.29, 0.717) is 25.5 Å². The molecule has 0 spiro atoms. The molecule has 0 bridgehead atoms. The van der Waals surface area contributed by atoms with E-state index in [1.807, 2.05) is 48.2 Å². The quantitative estimate of drug-likeness (QED) is 0.588. The van der Waals surface area contributed by atoms with Crippen LogP contribution in [0.5, 0.6) is 0 Å². The number of benzene rings is 1. The molecule has 0 atom stereocenters.